The molecule has 0 saturated carbocycles. The van der Waals surface area contributed by atoms with Crippen molar-refractivity contribution in [1.82, 2.24) is 9.88 Å². The van der Waals surface area contributed by atoms with Gasteiger partial charge in [-0.1, -0.05) is 25.1 Å². The highest BCUT2D eigenvalue weighted by Gasteiger charge is 2.32. The molecule has 0 N–H and O–H groups in total. The number of morpholine rings is 1. The molecule has 0 bridgehead atoms. The number of ether oxygens (including phenoxy) is 2. The average Bonchev–Trinajstić information content (AvgIpc) is 2.71. The Balaban J connectivity index is 1.65. The lowest BCUT2D eigenvalue weighted by atomic mass is 9.92. The molecule has 1 unspecified atom stereocenters. The van der Waals surface area contributed by atoms with Crippen molar-refractivity contribution in [3.8, 4) is 0 Å². The lowest BCUT2D eigenvalue weighted by Crippen LogP contribution is -2.46. The second-order valence-corrected chi connectivity index (χ2v) is 8.58. The number of benzene rings is 1. The smallest absolute Gasteiger partial charge is 0.133 e. The fraction of sp³-hybridized carbons (Fsp3) is 0.609. The monoisotopic (exact) mass is 383 g/mol. The van der Waals surface area contributed by atoms with Gasteiger partial charge in [-0.15, -0.1) is 0 Å². The summed E-state index contributed by atoms with van der Waals surface area (Å²) in [6.07, 6.45) is 2.18. The number of anilines is 1. The molecule has 2 aromatic rings. The summed E-state index contributed by atoms with van der Waals surface area (Å²) in [5, 5.41) is 1.22. The number of hydrogen-bond donors (Lipinski definition) is 0. The SMILES string of the molecule is CCN(Cc1cc2ccccc2nc1N1CCOCC1)C1CCOC(C)(C)C1. The highest BCUT2D eigenvalue weighted by molar-refractivity contribution is 5.81. The summed E-state index contributed by atoms with van der Waals surface area (Å²) in [5.41, 5.74) is 2.36. The van der Waals surface area contributed by atoms with Crippen molar-refractivity contribution in [3.63, 3.8) is 0 Å². The van der Waals surface area contributed by atoms with Crippen LogP contribution < -0.4 is 4.90 Å². The quantitative estimate of drug-likeness (QED) is 0.784. The maximum absolute atomic E-state index is 5.96. The van der Waals surface area contributed by atoms with E-state index in [1.165, 1.54) is 10.9 Å². The summed E-state index contributed by atoms with van der Waals surface area (Å²) in [6, 6.07) is 11.4. The van der Waals surface area contributed by atoms with E-state index < -0.39 is 0 Å². The molecule has 5 nitrogen and oxygen atoms in total. The van der Waals surface area contributed by atoms with Gasteiger partial charge in [0.1, 0.15) is 5.82 Å². The highest BCUT2D eigenvalue weighted by Crippen LogP contribution is 2.31. The third kappa shape index (κ3) is 4.32. The topological polar surface area (TPSA) is 37.8 Å². The average molecular weight is 384 g/mol. The van der Waals surface area contributed by atoms with Crippen molar-refractivity contribution in [2.24, 2.45) is 0 Å². The molecule has 2 aliphatic rings. The van der Waals surface area contributed by atoms with Crippen LogP contribution in [0.2, 0.25) is 0 Å². The molecular weight excluding hydrogens is 350 g/mol. The van der Waals surface area contributed by atoms with Crippen LogP contribution in [0.3, 0.4) is 0 Å². The summed E-state index contributed by atoms with van der Waals surface area (Å²) in [7, 11) is 0. The van der Waals surface area contributed by atoms with E-state index in [-0.39, 0.29) is 5.60 Å². The van der Waals surface area contributed by atoms with Crippen molar-refractivity contribution >= 4 is 16.7 Å². The molecule has 5 heteroatoms. The standard InChI is InChI=1S/C23H33N3O2/c1-4-25(20-9-12-28-23(2,3)16-20)17-19-15-18-7-5-6-8-21(18)24-22(19)26-10-13-27-14-11-26/h5-8,15,20H,4,9-14,16-17H2,1-3H3. The Hall–Kier alpha value is -1.69. The molecule has 4 rings (SSSR count). The van der Waals surface area contributed by atoms with E-state index in [2.05, 4.69) is 60.9 Å². The normalized spacial score (nSPS) is 22.7. The Bertz CT molecular complexity index is 802. The van der Waals surface area contributed by atoms with Crippen LogP contribution >= 0.6 is 0 Å². The zero-order valence-corrected chi connectivity index (χ0v) is 17.5. The Kier molecular flexibility index (Phi) is 5.85. The van der Waals surface area contributed by atoms with E-state index in [1.54, 1.807) is 0 Å². The summed E-state index contributed by atoms with van der Waals surface area (Å²) < 4.78 is 11.5. The number of pyridine rings is 1. The van der Waals surface area contributed by atoms with Gasteiger partial charge in [0.25, 0.3) is 0 Å². The van der Waals surface area contributed by atoms with Crippen LogP contribution in [0.5, 0.6) is 0 Å². The maximum atomic E-state index is 5.96. The van der Waals surface area contributed by atoms with E-state index in [9.17, 15) is 0 Å². The lowest BCUT2D eigenvalue weighted by molar-refractivity contribution is -0.0838. The Morgan fingerprint density at radius 2 is 1.96 bits per heavy atom. The molecule has 0 spiro atoms. The molecule has 1 atom stereocenters. The number of hydrogen-bond acceptors (Lipinski definition) is 5. The minimum atomic E-state index is -0.0367. The van der Waals surface area contributed by atoms with Gasteiger partial charge in [0.15, 0.2) is 0 Å². The summed E-state index contributed by atoms with van der Waals surface area (Å²) in [6.45, 7) is 12.9. The molecule has 3 heterocycles. The number of nitrogens with zero attached hydrogens (tertiary/aromatic N) is 3. The van der Waals surface area contributed by atoms with Crippen LogP contribution in [0.25, 0.3) is 10.9 Å². The van der Waals surface area contributed by atoms with Gasteiger partial charge < -0.3 is 14.4 Å². The minimum absolute atomic E-state index is 0.0367. The van der Waals surface area contributed by atoms with Gasteiger partial charge >= 0.3 is 0 Å². The first-order chi connectivity index (χ1) is 13.6. The van der Waals surface area contributed by atoms with Crippen LogP contribution in [-0.2, 0) is 16.0 Å². The van der Waals surface area contributed by atoms with Gasteiger partial charge in [0, 0.05) is 43.2 Å². The molecule has 0 aliphatic carbocycles. The van der Waals surface area contributed by atoms with E-state index in [4.69, 9.17) is 14.5 Å². The van der Waals surface area contributed by atoms with Crippen molar-refractivity contribution < 1.29 is 9.47 Å². The van der Waals surface area contributed by atoms with Crippen molar-refractivity contribution in [2.45, 2.75) is 51.8 Å². The largest absolute Gasteiger partial charge is 0.378 e. The number of para-hydroxylation sites is 1. The van der Waals surface area contributed by atoms with Crippen LogP contribution in [0, 0.1) is 0 Å². The first-order valence-electron chi connectivity index (χ1n) is 10.6. The molecule has 2 saturated heterocycles. The predicted octanol–water partition coefficient (Wildman–Crippen LogP) is 3.85. The van der Waals surface area contributed by atoms with E-state index >= 15 is 0 Å². The molecule has 28 heavy (non-hydrogen) atoms. The molecule has 152 valence electrons. The van der Waals surface area contributed by atoms with Crippen molar-refractivity contribution in [2.75, 3.05) is 44.4 Å². The predicted molar refractivity (Wildman–Crippen MR) is 114 cm³/mol. The molecule has 2 aliphatic heterocycles. The van der Waals surface area contributed by atoms with Gasteiger partial charge in [0.2, 0.25) is 0 Å². The third-order valence-electron chi connectivity index (χ3n) is 6.06. The number of rotatable bonds is 5. The second-order valence-electron chi connectivity index (χ2n) is 8.58. The molecule has 2 fully saturated rings. The van der Waals surface area contributed by atoms with Gasteiger partial charge in [-0.05, 0) is 45.4 Å². The zero-order valence-electron chi connectivity index (χ0n) is 17.5. The third-order valence-corrected chi connectivity index (χ3v) is 6.06. The summed E-state index contributed by atoms with van der Waals surface area (Å²) in [4.78, 5) is 10.1. The van der Waals surface area contributed by atoms with Crippen molar-refractivity contribution in [1.29, 1.82) is 0 Å². The van der Waals surface area contributed by atoms with Crippen LogP contribution in [0.4, 0.5) is 5.82 Å². The molecule has 0 amide bonds. The fourth-order valence-electron chi connectivity index (χ4n) is 4.54. The molecule has 0 radical (unpaired) electrons. The zero-order chi connectivity index (χ0) is 19.6. The van der Waals surface area contributed by atoms with Crippen LogP contribution in [-0.4, -0.2) is 61.0 Å². The Morgan fingerprint density at radius 3 is 2.71 bits per heavy atom. The van der Waals surface area contributed by atoms with E-state index in [0.717, 1.165) is 70.2 Å². The second kappa shape index (κ2) is 8.36. The first kappa shape index (κ1) is 19.6. The molecular formula is C23H33N3O2. The summed E-state index contributed by atoms with van der Waals surface area (Å²) >= 11 is 0. The fourth-order valence-corrected chi connectivity index (χ4v) is 4.54. The highest BCUT2D eigenvalue weighted by atomic mass is 16.5. The van der Waals surface area contributed by atoms with Crippen LogP contribution in [0.15, 0.2) is 30.3 Å². The van der Waals surface area contributed by atoms with Crippen LogP contribution in [0.1, 0.15) is 39.2 Å². The van der Waals surface area contributed by atoms with E-state index in [0.29, 0.717) is 6.04 Å². The van der Waals surface area contributed by atoms with Gasteiger partial charge in [-0.3, -0.25) is 4.90 Å². The summed E-state index contributed by atoms with van der Waals surface area (Å²) in [5.74, 6) is 1.13. The molecule has 1 aromatic carbocycles. The molecule has 1 aromatic heterocycles. The minimum Gasteiger partial charge on any atom is -0.378 e. The maximum Gasteiger partial charge on any atom is 0.133 e. The van der Waals surface area contributed by atoms with Gasteiger partial charge in [-0.2, -0.15) is 0 Å². The first-order valence-corrected chi connectivity index (χ1v) is 10.6. The van der Waals surface area contributed by atoms with Gasteiger partial charge in [-0.25, -0.2) is 4.98 Å². The number of aromatic nitrogens is 1. The van der Waals surface area contributed by atoms with Crippen molar-refractivity contribution in [3.05, 3.63) is 35.9 Å². The lowest BCUT2D eigenvalue weighted by Gasteiger charge is -2.41. The van der Waals surface area contributed by atoms with E-state index in [1.807, 2.05) is 0 Å². The Labute approximate surface area is 168 Å². The van der Waals surface area contributed by atoms with Gasteiger partial charge in [0.05, 0.1) is 24.3 Å². The Morgan fingerprint density at radius 1 is 1.18 bits per heavy atom. The number of fused-ring (bicyclic) bond motifs is 1.